The van der Waals surface area contributed by atoms with Gasteiger partial charge < -0.3 is 15.8 Å². The summed E-state index contributed by atoms with van der Waals surface area (Å²) in [6, 6.07) is -0.618. The van der Waals surface area contributed by atoms with E-state index in [1.807, 2.05) is 5.38 Å². The number of hydrogen-bond acceptors (Lipinski definition) is 5. The molecule has 1 amide bonds. The van der Waals surface area contributed by atoms with Gasteiger partial charge >= 0.3 is 0 Å². The van der Waals surface area contributed by atoms with Crippen molar-refractivity contribution >= 4 is 42.1 Å². The molecule has 1 heterocycles. The standard InChI is InChI=1S/C12H19N3O2S.2ClH/c1-17-8-9(13)10(16)15-12(4-2-3-5-12)11-14-6-7-18-11;;/h6-7,9H,2-5,8,13H2,1H3,(H,15,16);2*1H. The molecule has 0 aromatic carbocycles. The number of amides is 1. The molecule has 1 aromatic heterocycles. The van der Waals surface area contributed by atoms with Gasteiger partial charge in [0.1, 0.15) is 11.0 Å². The van der Waals surface area contributed by atoms with E-state index in [0.29, 0.717) is 0 Å². The molecule has 0 spiro atoms. The highest BCUT2D eigenvalue weighted by atomic mass is 35.5. The molecule has 1 saturated carbocycles. The number of halogens is 2. The Hall–Kier alpha value is -0.400. The first-order valence-electron chi connectivity index (χ1n) is 6.14. The van der Waals surface area contributed by atoms with Crippen molar-refractivity contribution in [3.8, 4) is 0 Å². The van der Waals surface area contributed by atoms with Gasteiger partial charge in [-0.3, -0.25) is 4.79 Å². The SMILES string of the molecule is COCC(N)C(=O)NC1(c2nccs2)CCCC1.Cl.Cl. The molecule has 116 valence electrons. The predicted octanol–water partition coefficient (Wildman–Crippen LogP) is 1.85. The van der Waals surface area contributed by atoms with Crippen LogP contribution in [-0.2, 0) is 15.1 Å². The van der Waals surface area contributed by atoms with Crippen molar-refractivity contribution in [2.24, 2.45) is 5.73 Å². The van der Waals surface area contributed by atoms with Crippen LogP contribution in [0.25, 0.3) is 0 Å². The number of carbonyl (C=O) groups is 1. The molecule has 1 unspecified atom stereocenters. The first-order valence-corrected chi connectivity index (χ1v) is 7.02. The van der Waals surface area contributed by atoms with Crippen molar-refractivity contribution in [2.75, 3.05) is 13.7 Å². The predicted molar refractivity (Wildman–Crippen MR) is 84.8 cm³/mol. The van der Waals surface area contributed by atoms with Crippen LogP contribution in [-0.4, -0.2) is 30.6 Å². The number of thiazole rings is 1. The molecular formula is C12H21Cl2N3O2S. The first kappa shape index (κ1) is 19.6. The van der Waals surface area contributed by atoms with E-state index in [0.717, 1.165) is 30.7 Å². The maximum absolute atomic E-state index is 12.1. The van der Waals surface area contributed by atoms with E-state index in [1.54, 1.807) is 24.6 Å². The van der Waals surface area contributed by atoms with Crippen molar-refractivity contribution in [1.82, 2.24) is 10.3 Å². The second kappa shape index (κ2) is 8.79. The zero-order valence-electron chi connectivity index (χ0n) is 11.3. The average molecular weight is 342 g/mol. The summed E-state index contributed by atoms with van der Waals surface area (Å²) in [5.74, 6) is -0.158. The Morgan fingerprint density at radius 1 is 1.55 bits per heavy atom. The van der Waals surface area contributed by atoms with Crippen LogP contribution in [0, 0.1) is 0 Å². The third-order valence-corrected chi connectivity index (χ3v) is 4.32. The minimum Gasteiger partial charge on any atom is -0.383 e. The van der Waals surface area contributed by atoms with E-state index in [4.69, 9.17) is 10.5 Å². The van der Waals surface area contributed by atoms with Crippen LogP contribution in [0.2, 0.25) is 0 Å². The molecule has 1 atom stereocenters. The fourth-order valence-corrected chi connectivity index (χ4v) is 3.27. The normalized spacial score (nSPS) is 17.7. The summed E-state index contributed by atoms with van der Waals surface area (Å²) in [5.41, 5.74) is 5.46. The quantitative estimate of drug-likeness (QED) is 0.856. The van der Waals surface area contributed by atoms with E-state index in [2.05, 4.69) is 10.3 Å². The summed E-state index contributed by atoms with van der Waals surface area (Å²) < 4.78 is 4.91. The molecule has 0 saturated heterocycles. The average Bonchev–Trinajstić information content (AvgIpc) is 3.00. The highest BCUT2D eigenvalue weighted by molar-refractivity contribution is 7.09. The number of methoxy groups -OCH3 is 1. The molecule has 8 heteroatoms. The molecular weight excluding hydrogens is 321 g/mol. The molecule has 5 nitrogen and oxygen atoms in total. The van der Waals surface area contributed by atoms with Crippen LogP contribution in [0.4, 0.5) is 0 Å². The van der Waals surface area contributed by atoms with Crippen LogP contribution in [0.5, 0.6) is 0 Å². The number of hydrogen-bond donors (Lipinski definition) is 2. The van der Waals surface area contributed by atoms with E-state index < -0.39 is 6.04 Å². The lowest BCUT2D eigenvalue weighted by Gasteiger charge is -2.29. The van der Waals surface area contributed by atoms with Gasteiger partial charge in [-0.15, -0.1) is 36.2 Å². The molecule has 0 aliphatic heterocycles. The molecule has 2 rings (SSSR count). The van der Waals surface area contributed by atoms with Gasteiger partial charge in [-0.05, 0) is 12.8 Å². The number of nitrogens with zero attached hydrogens (tertiary/aromatic N) is 1. The number of rotatable bonds is 5. The van der Waals surface area contributed by atoms with Gasteiger partial charge in [0.2, 0.25) is 5.91 Å². The minimum absolute atomic E-state index is 0. The van der Waals surface area contributed by atoms with E-state index in [9.17, 15) is 4.79 Å². The Kier molecular flexibility index (Phi) is 8.62. The number of ether oxygens (including phenoxy) is 1. The van der Waals surface area contributed by atoms with Crippen LogP contribution < -0.4 is 11.1 Å². The fourth-order valence-electron chi connectivity index (χ4n) is 2.41. The summed E-state index contributed by atoms with van der Waals surface area (Å²) in [6.07, 6.45) is 5.87. The van der Waals surface area contributed by atoms with E-state index in [-0.39, 0.29) is 42.9 Å². The van der Waals surface area contributed by atoms with Crippen LogP contribution in [0.3, 0.4) is 0 Å². The Morgan fingerprint density at radius 2 is 2.20 bits per heavy atom. The van der Waals surface area contributed by atoms with Gasteiger partial charge in [-0.1, -0.05) is 12.8 Å². The number of aromatic nitrogens is 1. The van der Waals surface area contributed by atoms with Crippen LogP contribution in [0.15, 0.2) is 11.6 Å². The van der Waals surface area contributed by atoms with Crippen molar-refractivity contribution in [3.63, 3.8) is 0 Å². The summed E-state index contributed by atoms with van der Waals surface area (Å²) in [4.78, 5) is 16.4. The molecule has 1 aliphatic carbocycles. The van der Waals surface area contributed by atoms with Gasteiger partial charge in [0, 0.05) is 18.7 Å². The monoisotopic (exact) mass is 341 g/mol. The molecule has 0 bridgehead atoms. The second-order valence-corrected chi connectivity index (χ2v) is 5.57. The van der Waals surface area contributed by atoms with Crippen LogP contribution >= 0.6 is 36.2 Å². The van der Waals surface area contributed by atoms with Gasteiger partial charge in [-0.25, -0.2) is 4.98 Å². The molecule has 1 fully saturated rings. The summed E-state index contributed by atoms with van der Waals surface area (Å²) >= 11 is 1.59. The van der Waals surface area contributed by atoms with Crippen LogP contribution in [0.1, 0.15) is 30.7 Å². The molecule has 20 heavy (non-hydrogen) atoms. The topological polar surface area (TPSA) is 77.2 Å². The summed E-state index contributed by atoms with van der Waals surface area (Å²) in [5, 5.41) is 6.01. The lowest BCUT2D eigenvalue weighted by atomic mass is 9.98. The molecule has 1 aliphatic rings. The molecule has 0 radical (unpaired) electrons. The third-order valence-electron chi connectivity index (χ3n) is 3.34. The Bertz CT molecular complexity index is 397. The first-order chi connectivity index (χ1) is 8.68. The second-order valence-electron chi connectivity index (χ2n) is 4.68. The minimum atomic E-state index is -0.618. The lowest BCUT2D eigenvalue weighted by Crippen LogP contribution is -2.51. The van der Waals surface area contributed by atoms with E-state index in [1.165, 1.54) is 0 Å². The maximum atomic E-state index is 12.1. The summed E-state index contributed by atoms with van der Waals surface area (Å²) in [6.45, 7) is 0.236. The number of carbonyl (C=O) groups excluding carboxylic acids is 1. The largest absolute Gasteiger partial charge is 0.383 e. The van der Waals surface area contributed by atoms with Gasteiger partial charge in [-0.2, -0.15) is 0 Å². The maximum Gasteiger partial charge on any atom is 0.240 e. The smallest absolute Gasteiger partial charge is 0.240 e. The Balaban J connectivity index is 0.00000180. The van der Waals surface area contributed by atoms with Crippen molar-refractivity contribution < 1.29 is 9.53 Å². The highest BCUT2D eigenvalue weighted by Crippen LogP contribution is 2.39. The molecule has 3 N–H and O–H groups in total. The summed E-state index contributed by atoms with van der Waals surface area (Å²) in [7, 11) is 1.54. The molecule has 1 aromatic rings. The Labute approximate surface area is 135 Å². The number of nitrogens with one attached hydrogen (secondary N) is 1. The Morgan fingerprint density at radius 3 is 2.70 bits per heavy atom. The van der Waals surface area contributed by atoms with Gasteiger partial charge in [0.05, 0.1) is 12.1 Å². The third kappa shape index (κ3) is 4.30. The highest BCUT2D eigenvalue weighted by Gasteiger charge is 2.40. The number of nitrogens with two attached hydrogens (primary N) is 1. The lowest BCUT2D eigenvalue weighted by molar-refractivity contribution is -0.125. The zero-order valence-corrected chi connectivity index (χ0v) is 13.8. The fraction of sp³-hybridized carbons (Fsp3) is 0.667. The van der Waals surface area contributed by atoms with Crippen molar-refractivity contribution in [3.05, 3.63) is 16.6 Å². The van der Waals surface area contributed by atoms with Crippen molar-refractivity contribution in [1.29, 1.82) is 0 Å². The zero-order chi connectivity index (χ0) is 13.0. The van der Waals surface area contributed by atoms with Crippen molar-refractivity contribution in [2.45, 2.75) is 37.3 Å². The van der Waals surface area contributed by atoms with Gasteiger partial charge in [0.25, 0.3) is 0 Å². The van der Waals surface area contributed by atoms with E-state index >= 15 is 0 Å². The van der Waals surface area contributed by atoms with Gasteiger partial charge in [0.15, 0.2) is 0 Å².